The highest BCUT2D eigenvalue weighted by Crippen LogP contribution is 2.38. The quantitative estimate of drug-likeness (QED) is 0.577. The number of nitrogens with one attached hydrogen (secondary N) is 2. The smallest absolute Gasteiger partial charge is 0.326 e. The molecule has 4 amide bonds. The Hall–Kier alpha value is -2.97. The van der Waals surface area contributed by atoms with Gasteiger partial charge in [-0.1, -0.05) is 25.8 Å². The van der Waals surface area contributed by atoms with Crippen LogP contribution in [0.15, 0.2) is 18.2 Å². The van der Waals surface area contributed by atoms with Gasteiger partial charge in [-0.25, -0.2) is 9.18 Å². The number of aryl methyl sites for hydroxylation is 1. The Morgan fingerprint density at radius 1 is 1.34 bits per heavy atom. The Balaban J connectivity index is 1.52. The lowest BCUT2D eigenvalue weighted by Crippen LogP contribution is -2.54. The van der Waals surface area contributed by atoms with E-state index in [9.17, 15) is 23.6 Å². The summed E-state index contributed by atoms with van der Waals surface area (Å²) in [5, 5.41) is 5.16. The zero-order chi connectivity index (χ0) is 21.2. The van der Waals surface area contributed by atoms with E-state index in [0.29, 0.717) is 12.0 Å². The fraction of sp³-hybridized carbons (Fsp3) is 0.500. The molecule has 0 bridgehead atoms. The van der Waals surface area contributed by atoms with Gasteiger partial charge in [0.2, 0.25) is 0 Å². The molecule has 1 saturated heterocycles. The number of benzene rings is 1. The average Bonchev–Trinajstić information content (AvgIpc) is 2.90. The molecule has 156 valence electrons. The number of amides is 4. The van der Waals surface area contributed by atoms with Gasteiger partial charge in [0.25, 0.3) is 11.8 Å². The summed E-state index contributed by atoms with van der Waals surface area (Å²) in [4.78, 5) is 49.8. The van der Waals surface area contributed by atoms with Crippen molar-refractivity contribution in [3.05, 3.63) is 29.6 Å². The van der Waals surface area contributed by atoms with Crippen molar-refractivity contribution in [2.75, 3.05) is 18.5 Å². The first-order chi connectivity index (χ1) is 13.7. The van der Waals surface area contributed by atoms with Crippen LogP contribution in [0.5, 0.6) is 0 Å². The van der Waals surface area contributed by atoms with Gasteiger partial charge in [0.05, 0.1) is 0 Å². The van der Waals surface area contributed by atoms with E-state index in [2.05, 4.69) is 10.6 Å². The first kappa shape index (κ1) is 20.8. The normalized spacial score (nSPS) is 23.8. The molecule has 0 aromatic heterocycles. The minimum absolute atomic E-state index is 0.0191. The lowest BCUT2D eigenvalue weighted by atomic mass is 9.73. The van der Waals surface area contributed by atoms with Gasteiger partial charge in [-0.05, 0) is 43.4 Å². The summed E-state index contributed by atoms with van der Waals surface area (Å²) in [6.45, 7) is 2.33. The molecule has 1 aliphatic heterocycles. The second kappa shape index (κ2) is 8.18. The number of anilines is 1. The maximum absolute atomic E-state index is 13.5. The largest absolute Gasteiger partial charge is 0.454 e. The van der Waals surface area contributed by atoms with Gasteiger partial charge in [0, 0.05) is 5.69 Å². The highest BCUT2D eigenvalue weighted by Gasteiger charge is 2.55. The summed E-state index contributed by atoms with van der Waals surface area (Å²) < 4.78 is 18.4. The lowest BCUT2D eigenvalue weighted by Gasteiger charge is -2.36. The number of esters is 1. The van der Waals surface area contributed by atoms with Crippen molar-refractivity contribution in [3.8, 4) is 0 Å². The van der Waals surface area contributed by atoms with E-state index >= 15 is 0 Å². The summed E-state index contributed by atoms with van der Waals surface area (Å²) in [7, 11) is 0. The molecule has 29 heavy (non-hydrogen) atoms. The molecule has 0 radical (unpaired) electrons. The number of halogens is 1. The van der Waals surface area contributed by atoms with Crippen LogP contribution in [0.4, 0.5) is 14.9 Å². The SMILES string of the molecule is Cc1ccc(NC(=O)COC(=O)CN2C(=O)N[C@@]3(CCCC[C@@H]3C)C2=O)cc1F. The van der Waals surface area contributed by atoms with Gasteiger partial charge in [0.15, 0.2) is 6.61 Å². The molecular formula is C20H24FN3O5. The maximum atomic E-state index is 13.5. The van der Waals surface area contributed by atoms with Crippen LogP contribution in [0.1, 0.15) is 38.2 Å². The Bertz CT molecular complexity index is 859. The van der Waals surface area contributed by atoms with Crippen molar-refractivity contribution >= 4 is 29.5 Å². The number of carbonyl (C=O) groups is 4. The molecule has 3 rings (SSSR count). The van der Waals surface area contributed by atoms with Crippen LogP contribution in [0.2, 0.25) is 0 Å². The molecule has 9 heteroatoms. The summed E-state index contributed by atoms with van der Waals surface area (Å²) in [6, 6.07) is 3.57. The second-order valence-electron chi connectivity index (χ2n) is 7.61. The first-order valence-corrected chi connectivity index (χ1v) is 9.58. The topological polar surface area (TPSA) is 105 Å². The minimum atomic E-state index is -0.956. The van der Waals surface area contributed by atoms with Crippen molar-refractivity contribution in [2.24, 2.45) is 5.92 Å². The van der Waals surface area contributed by atoms with Crippen LogP contribution in [0.25, 0.3) is 0 Å². The van der Waals surface area contributed by atoms with Crippen molar-refractivity contribution in [1.82, 2.24) is 10.2 Å². The molecule has 1 spiro atoms. The Morgan fingerprint density at radius 3 is 2.79 bits per heavy atom. The molecule has 2 atom stereocenters. The number of urea groups is 1. The third kappa shape index (κ3) is 4.23. The molecule has 1 aromatic carbocycles. The molecule has 1 aliphatic carbocycles. The highest BCUT2D eigenvalue weighted by molar-refractivity contribution is 6.09. The monoisotopic (exact) mass is 405 g/mol. The zero-order valence-corrected chi connectivity index (χ0v) is 16.4. The highest BCUT2D eigenvalue weighted by atomic mass is 19.1. The lowest BCUT2D eigenvalue weighted by molar-refractivity contribution is -0.150. The molecule has 0 unspecified atom stereocenters. The molecule has 2 N–H and O–H groups in total. The summed E-state index contributed by atoms with van der Waals surface area (Å²) in [5.74, 6) is -2.44. The number of ether oxygens (including phenoxy) is 1. The zero-order valence-electron chi connectivity index (χ0n) is 16.4. The van der Waals surface area contributed by atoms with Crippen LogP contribution in [0.3, 0.4) is 0 Å². The second-order valence-corrected chi connectivity index (χ2v) is 7.61. The van der Waals surface area contributed by atoms with Gasteiger partial charge >= 0.3 is 12.0 Å². The number of carbonyl (C=O) groups excluding carboxylic acids is 4. The molecule has 2 fully saturated rings. The van der Waals surface area contributed by atoms with Gasteiger partial charge in [-0.2, -0.15) is 0 Å². The van der Waals surface area contributed by atoms with E-state index in [-0.39, 0.29) is 11.6 Å². The predicted molar refractivity (Wildman–Crippen MR) is 101 cm³/mol. The van der Waals surface area contributed by atoms with Gasteiger partial charge < -0.3 is 15.4 Å². The van der Waals surface area contributed by atoms with Crippen molar-refractivity contribution in [2.45, 2.75) is 45.1 Å². The van der Waals surface area contributed by atoms with E-state index in [1.165, 1.54) is 12.1 Å². The summed E-state index contributed by atoms with van der Waals surface area (Å²) in [6.07, 6.45) is 3.19. The van der Waals surface area contributed by atoms with Crippen molar-refractivity contribution in [3.63, 3.8) is 0 Å². The van der Waals surface area contributed by atoms with Gasteiger partial charge in [0.1, 0.15) is 17.9 Å². The molecule has 1 aromatic rings. The van der Waals surface area contributed by atoms with Crippen LogP contribution in [0, 0.1) is 18.7 Å². The summed E-state index contributed by atoms with van der Waals surface area (Å²) in [5.41, 5.74) is -0.285. The number of hydrogen-bond acceptors (Lipinski definition) is 5. The van der Waals surface area contributed by atoms with Crippen LogP contribution >= 0.6 is 0 Å². The number of hydrogen-bond donors (Lipinski definition) is 2. The van der Waals surface area contributed by atoms with Gasteiger partial charge in [-0.15, -0.1) is 0 Å². The van der Waals surface area contributed by atoms with Crippen LogP contribution < -0.4 is 10.6 Å². The van der Waals surface area contributed by atoms with E-state index in [0.717, 1.165) is 30.2 Å². The van der Waals surface area contributed by atoms with E-state index in [1.807, 2.05) is 6.92 Å². The van der Waals surface area contributed by atoms with Gasteiger partial charge in [-0.3, -0.25) is 19.3 Å². The molecule has 8 nitrogen and oxygen atoms in total. The Morgan fingerprint density at radius 2 is 2.10 bits per heavy atom. The molecule has 2 aliphatic rings. The fourth-order valence-electron chi connectivity index (χ4n) is 3.83. The minimum Gasteiger partial charge on any atom is -0.454 e. The predicted octanol–water partition coefficient (Wildman–Crippen LogP) is 2.12. The number of rotatable bonds is 5. The van der Waals surface area contributed by atoms with E-state index < -0.39 is 48.3 Å². The third-order valence-electron chi connectivity index (χ3n) is 5.61. The maximum Gasteiger partial charge on any atom is 0.326 e. The number of imide groups is 1. The molecule has 1 saturated carbocycles. The molecular weight excluding hydrogens is 381 g/mol. The van der Waals surface area contributed by atoms with E-state index in [4.69, 9.17) is 4.74 Å². The van der Waals surface area contributed by atoms with E-state index in [1.54, 1.807) is 6.92 Å². The van der Waals surface area contributed by atoms with Crippen LogP contribution in [-0.2, 0) is 19.1 Å². The fourth-order valence-corrected chi connectivity index (χ4v) is 3.83. The summed E-state index contributed by atoms with van der Waals surface area (Å²) >= 11 is 0. The molecule has 1 heterocycles. The Labute approximate surface area is 167 Å². The van der Waals surface area contributed by atoms with Crippen LogP contribution in [-0.4, -0.2) is 47.4 Å². The first-order valence-electron chi connectivity index (χ1n) is 9.58. The van der Waals surface area contributed by atoms with Crippen molar-refractivity contribution < 1.29 is 28.3 Å². The number of nitrogens with zero attached hydrogens (tertiary/aromatic N) is 1. The average molecular weight is 405 g/mol. The Kier molecular flexibility index (Phi) is 5.86. The van der Waals surface area contributed by atoms with Crippen molar-refractivity contribution in [1.29, 1.82) is 0 Å². The standard InChI is InChI=1S/C20H24FN3O5/c1-12-6-7-14(9-15(12)21)22-16(25)11-29-17(26)10-24-18(27)20(23-19(24)28)8-4-3-5-13(20)2/h6-7,9,13H,3-5,8,10-11H2,1-2H3,(H,22,25)(H,23,28)/t13-,20+/m0/s1. The third-order valence-corrected chi connectivity index (χ3v) is 5.61.